The molecule has 0 spiro atoms. The highest BCUT2D eigenvalue weighted by molar-refractivity contribution is 5.99. The number of carbonyl (C=O) groups is 1. The second-order valence-electron chi connectivity index (χ2n) is 6.68. The van der Waals surface area contributed by atoms with E-state index in [1.54, 1.807) is 0 Å². The van der Waals surface area contributed by atoms with Crippen molar-refractivity contribution in [2.24, 2.45) is 5.92 Å². The summed E-state index contributed by atoms with van der Waals surface area (Å²) in [5.74, 6) is 0.623. The van der Waals surface area contributed by atoms with E-state index in [0.717, 1.165) is 18.4 Å². The number of Topliss-reactive ketones (excluding diaryl/α,β-unsaturated/α-hetero) is 1. The molecule has 0 amide bonds. The zero-order valence-electron chi connectivity index (χ0n) is 12.9. The van der Waals surface area contributed by atoms with Crippen molar-refractivity contribution in [1.29, 1.82) is 0 Å². The lowest BCUT2D eigenvalue weighted by atomic mass is 9.75. The van der Waals surface area contributed by atoms with Crippen molar-refractivity contribution in [2.45, 2.75) is 58.0 Å². The number of benzene rings is 1. The minimum absolute atomic E-state index is 0.238. The molecule has 0 saturated carbocycles. The van der Waals surface area contributed by atoms with E-state index < -0.39 is 0 Å². The molecule has 2 saturated heterocycles. The zero-order valence-corrected chi connectivity index (χ0v) is 12.9. The van der Waals surface area contributed by atoms with Gasteiger partial charge in [0, 0.05) is 23.6 Å². The minimum Gasteiger partial charge on any atom is -0.300 e. The number of hydrogen-bond acceptors (Lipinski definition) is 2. The molecule has 2 atom stereocenters. The predicted molar refractivity (Wildman–Crippen MR) is 82.2 cm³/mol. The summed E-state index contributed by atoms with van der Waals surface area (Å²) in [6.45, 7) is 4.17. The number of carbonyl (C=O) groups excluding carboxylic acids is 1. The molecule has 2 aliphatic heterocycles. The monoisotopic (exact) mass is 271 g/mol. The van der Waals surface area contributed by atoms with Crippen LogP contribution in [0.4, 0.5) is 0 Å². The van der Waals surface area contributed by atoms with E-state index in [2.05, 4.69) is 31.9 Å². The highest BCUT2D eigenvalue weighted by Crippen LogP contribution is 2.37. The summed E-state index contributed by atoms with van der Waals surface area (Å²) in [6.07, 6.45) is 5.98. The third kappa shape index (κ3) is 2.31. The van der Waals surface area contributed by atoms with Crippen molar-refractivity contribution in [3.63, 3.8) is 0 Å². The van der Waals surface area contributed by atoms with Gasteiger partial charge in [-0.15, -0.1) is 0 Å². The Morgan fingerprint density at radius 3 is 2.45 bits per heavy atom. The molecular formula is C18H25NO. The summed E-state index contributed by atoms with van der Waals surface area (Å²) in [4.78, 5) is 15.4. The fourth-order valence-electron chi connectivity index (χ4n) is 4.07. The van der Waals surface area contributed by atoms with Crippen LogP contribution in [-0.4, -0.2) is 29.8 Å². The quantitative estimate of drug-likeness (QED) is 0.764. The van der Waals surface area contributed by atoms with Gasteiger partial charge >= 0.3 is 0 Å². The van der Waals surface area contributed by atoms with Gasteiger partial charge in [-0.25, -0.2) is 0 Å². The molecule has 0 aliphatic carbocycles. The van der Waals surface area contributed by atoms with Gasteiger partial charge in [-0.05, 0) is 57.7 Å². The fourth-order valence-corrected chi connectivity index (χ4v) is 4.07. The first-order valence-corrected chi connectivity index (χ1v) is 7.90. The largest absolute Gasteiger partial charge is 0.300 e. The van der Waals surface area contributed by atoms with E-state index in [0.29, 0.717) is 17.9 Å². The van der Waals surface area contributed by atoms with Crippen LogP contribution in [0.15, 0.2) is 18.2 Å². The molecule has 1 aromatic rings. The molecule has 0 aromatic heterocycles. The molecule has 108 valence electrons. The van der Waals surface area contributed by atoms with Crippen LogP contribution in [0.2, 0.25) is 0 Å². The highest BCUT2D eigenvalue weighted by atomic mass is 16.1. The molecule has 2 heterocycles. The summed E-state index contributed by atoms with van der Waals surface area (Å²) >= 11 is 0. The maximum Gasteiger partial charge on any atom is 0.166 e. The van der Waals surface area contributed by atoms with E-state index in [9.17, 15) is 4.79 Å². The van der Waals surface area contributed by atoms with Crippen LogP contribution in [0, 0.1) is 19.8 Å². The van der Waals surface area contributed by atoms with Crippen LogP contribution in [0.3, 0.4) is 0 Å². The SMILES string of the molecule is Cc1cccc(C(=O)C2CC3CCCC(C2)N3C)c1C. The number of nitrogens with zero attached hydrogens (tertiary/aromatic N) is 1. The second kappa shape index (κ2) is 5.33. The van der Waals surface area contributed by atoms with E-state index in [1.165, 1.54) is 30.4 Å². The Labute approximate surface area is 122 Å². The number of hydrogen-bond donors (Lipinski definition) is 0. The van der Waals surface area contributed by atoms with Gasteiger partial charge in [-0.3, -0.25) is 4.79 Å². The van der Waals surface area contributed by atoms with Crippen molar-refractivity contribution in [3.8, 4) is 0 Å². The Morgan fingerprint density at radius 2 is 1.80 bits per heavy atom. The Balaban J connectivity index is 1.83. The van der Waals surface area contributed by atoms with Crippen molar-refractivity contribution >= 4 is 5.78 Å². The average molecular weight is 271 g/mol. The molecule has 2 aliphatic rings. The van der Waals surface area contributed by atoms with Crippen molar-refractivity contribution in [2.75, 3.05) is 7.05 Å². The molecule has 2 heteroatoms. The lowest BCUT2D eigenvalue weighted by Crippen LogP contribution is -2.51. The second-order valence-corrected chi connectivity index (χ2v) is 6.68. The Kier molecular flexibility index (Phi) is 3.68. The average Bonchev–Trinajstić information content (AvgIpc) is 2.41. The van der Waals surface area contributed by atoms with E-state index in [-0.39, 0.29) is 5.92 Å². The van der Waals surface area contributed by atoms with Crippen molar-refractivity contribution in [1.82, 2.24) is 4.90 Å². The molecule has 0 radical (unpaired) electrons. The first-order valence-electron chi connectivity index (χ1n) is 7.90. The maximum atomic E-state index is 12.9. The summed E-state index contributed by atoms with van der Waals surface area (Å²) in [5, 5.41) is 0. The number of piperidine rings is 2. The minimum atomic E-state index is 0.238. The molecule has 3 rings (SSSR count). The van der Waals surface area contributed by atoms with Crippen LogP contribution in [-0.2, 0) is 0 Å². The van der Waals surface area contributed by atoms with E-state index in [4.69, 9.17) is 0 Å². The maximum absolute atomic E-state index is 12.9. The van der Waals surface area contributed by atoms with E-state index >= 15 is 0 Å². The van der Waals surface area contributed by atoms with Crippen LogP contribution in [0.1, 0.15) is 53.6 Å². The Hall–Kier alpha value is -1.15. The van der Waals surface area contributed by atoms with Gasteiger partial charge < -0.3 is 4.90 Å². The fraction of sp³-hybridized carbons (Fsp3) is 0.611. The smallest absolute Gasteiger partial charge is 0.166 e. The van der Waals surface area contributed by atoms with Crippen molar-refractivity contribution in [3.05, 3.63) is 34.9 Å². The summed E-state index contributed by atoms with van der Waals surface area (Å²) in [6, 6.07) is 7.38. The molecule has 2 bridgehead atoms. The Morgan fingerprint density at radius 1 is 1.15 bits per heavy atom. The molecule has 0 N–H and O–H groups in total. The lowest BCUT2D eigenvalue weighted by Gasteiger charge is -2.46. The third-order valence-corrected chi connectivity index (χ3v) is 5.58. The van der Waals surface area contributed by atoms with Gasteiger partial charge in [-0.2, -0.15) is 0 Å². The third-order valence-electron chi connectivity index (χ3n) is 5.58. The van der Waals surface area contributed by atoms with Crippen LogP contribution < -0.4 is 0 Å². The summed E-state index contributed by atoms with van der Waals surface area (Å²) in [7, 11) is 2.24. The van der Waals surface area contributed by atoms with Gasteiger partial charge in [0.25, 0.3) is 0 Å². The van der Waals surface area contributed by atoms with Crippen LogP contribution >= 0.6 is 0 Å². The van der Waals surface area contributed by atoms with Gasteiger partial charge in [0.15, 0.2) is 5.78 Å². The predicted octanol–water partition coefficient (Wildman–Crippen LogP) is 3.75. The highest BCUT2D eigenvalue weighted by Gasteiger charge is 2.39. The normalized spacial score (nSPS) is 30.2. The lowest BCUT2D eigenvalue weighted by molar-refractivity contribution is 0.0338. The van der Waals surface area contributed by atoms with Gasteiger partial charge in [0.2, 0.25) is 0 Å². The molecular weight excluding hydrogens is 246 g/mol. The van der Waals surface area contributed by atoms with Gasteiger partial charge in [-0.1, -0.05) is 24.6 Å². The van der Waals surface area contributed by atoms with Gasteiger partial charge in [0.05, 0.1) is 0 Å². The number of ketones is 1. The van der Waals surface area contributed by atoms with E-state index in [1.807, 2.05) is 12.1 Å². The summed E-state index contributed by atoms with van der Waals surface area (Å²) < 4.78 is 0. The standard InChI is InChI=1S/C18H25NO/c1-12-6-4-9-17(13(12)2)18(20)14-10-15-7-5-8-16(11-14)19(15)3/h4,6,9,14-16H,5,7-8,10-11H2,1-3H3. The number of fused-ring (bicyclic) bond motifs is 2. The zero-order chi connectivity index (χ0) is 14.3. The molecule has 1 aromatic carbocycles. The van der Waals surface area contributed by atoms with Crippen LogP contribution in [0.25, 0.3) is 0 Å². The van der Waals surface area contributed by atoms with Gasteiger partial charge in [0.1, 0.15) is 0 Å². The first kappa shape index (κ1) is 13.8. The number of rotatable bonds is 2. The molecule has 2 unspecified atom stereocenters. The Bertz CT molecular complexity index is 508. The first-order chi connectivity index (χ1) is 9.58. The molecule has 2 nitrogen and oxygen atoms in total. The topological polar surface area (TPSA) is 20.3 Å². The molecule has 2 fully saturated rings. The van der Waals surface area contributed by atoms with Crippen LogP contribution in [0.5, 0.6) is 0 Å². The molecule has 20 heavy (non-hydrogen) atoms. The summed E-state index contributed by atoms with van der Waals surface area (Å²) in [5.41, 5.74) is 3.35. The van der Waals surface area contributed by atoms with Crippen molar-refractivity contribution < 1.29 is 4.79 Å². The number of aryl methyl sites for hydroxylation is 1.